The topological polar surface area (TPSA) is 9.86 Å². The van der Waals surface area contributed by atoms with Gasteiger partial charge in [0.15, 0.2) is 8.07 Å². The molecule has 0 N–H and O–H groups in total. The van der Waals surface area contributed by atoms with E-state index in [0.717, 1.165) is 0 Å². The van der Waals surface area contributed by atoms with E-state index in [2.05, 4.69) is 179 Å². The fourth-order valence-electron chi connectivity index (χ4n) is 8.25. The Bertz CT molecular complexity index is 2500. The maximum Gasteiger partial charge on any atom is 0.184 e. The summed E-state index contributed by atoms with van der Waals surface area (Å²) in [5, 5.41) is 10.9. The molecule has 0 bridgehead atoms. The van der Waals surface area contributed by atoms with Crippen molar-refractivity contribution in [3.63, 3.8) is 0 Å². The van der Waals surface area contributed by atoms with E-state index in [1.54, 1.807) is 0 Å². The molecule has 0 amide bonds. The largest absolute Gasteiger partial charge is 0.309 e. The van der Waals surface area contributed by atoms with E-state index >= 15 is 0 Å². The van der Waals surface area contributed by atoms with Crippen LogP contribution in [0.3, 0.4) is 0 Å². The normalized spacial score (nSPS) is 13.5. The summed E-state index contributed by atoms with van der Waals surface area (Å²) in [4.78, 5) is 0. The molecule has 0 spiro atoms. The molecule has 10 rings (SSSR count). The van der Waals surface area contributed by atoms with E-state index in [1.807, 2.05) is 0 Å². The molecule has 0 saturated heterocycles. The zero-order valence-electron chi connectivity index (χ0n) is 24.6. The molecule has 0 radical (unpaired) electrons. The molecule has 9 aromatic rings. The fraction of sp³-hybridized carbons (Fsp3) is 0. The van der Waals surface area contributed by atoms with Crippen molar-refractivity contribution in [3.05, 3.63) is 170 Å². The van der Waals surface area contributed by atoms with E-state index in [0.29, 0.717) is 0 Å². The van der Waals surface area contributed by atoms with Crippen molar-refractivity contribution in [3.8, 4) is 11.4 Å². The predicted molar refractivity (Wildman–Crippen MR) is 192 cm³/mol. The highest BCUT2D eigenvalue weighted by atomic mass is 28.3. The van der Waals surface area contributed by atoms with Gasteiger partial charge in [0.25, 0.3) is 0 Å². The van der Waals surface area contributed by atoms with Gasteiger partial charge in [-0.15, -0.1) is 0 Å². The standard InChI is InChI=1S/C42H28N2Si/c1-3-14-30(15-4-1)45(31-16-5-2-6-17-31)40-24-12-11-23-39(40)44-38-27-26-29(28-35(38)34-20-13-25-41(45)42(34)44)43-36-21-9-7-18-32(36)33-19-8-10-22-37(33)43/h1-28H. The van der Waals surface area contributed by atoms with Crippen molar-refractivity contribution in [1.29, 1.82) is 0 Å². The van der Waals surface area contributed by atoms with Crippen LogP contribution in [0, 0.1) is 0 Å². The average Bonchev–Trinajstić information content (AvgIpc) is 3.63. The first-order chi connectivity index (χ1) is 22.4. The molecule has 1 aliphatic rings. The molecule has 45 heavy (non-hydrogen) atoms. The Hall–Kier alpha value is -5.64. The van der Waals surface area contributed by atoms with Gasteiger partial charge in [0, 0.05) is 32.9 Å². The Morgan fingerprint density at radius 3 is 1.58 bits per heavy atom. The minimum atomic E-state index is -2.63. The lowest BCUT2D eigenvalue weighted by molar-refractivity contribution is 1.17. The van der Waals surface area contributed by atoms with Gasteiger partial charge in [-0.25, -0.2) is 0 Å². The maximum atomic E-state index is 2.54. The molecule has 0 fully saturated rings. The van der Waals surface area contributed by atoms with Crippen LogP contribution in [0.4, 0.5) is 0 Å². The van der Waals surface area contributed by atoms with Crippen molar-refractivity contribution in [2.75, 3.05) is 0 Å². The third-order valence-corrected chi connectivity index (χ3v) is 14.8. The van der Waals surface area contributed by atoms with E-state index in [-0.39, 0.29) is 0 Å². The summed E-state index contributed by atoms with van der Waals surface area (Å²) < 4.78 is 4.97. The summed E-state index contributed by atoms with van der Waals surface area (Å²) in [5.74, 6) is 0. The molecule has 3 heteroatoms. The van der Waals surface area contributed by atoms with Crippen molar-refractivity contribution in [2.45, 2.75) is 0 Å². The van der Waals surface area contributed by atoms with Gasteiger partial charge in [-0.3, -0.25) is 0 Å². The van der Waals surface area contributed by atoms with Gasteiger partial charge in [-0.05, 0) is 57.1 Å². The number of hydrogen-bond donors (Lipinski definition) is 0. The summed E-state index contributed by atoms with van der Waals surface area (Å²) in [6, 6.07) is 63.3. The van der Waals surface area contributed by atoms with Gasteiger partial charge >= 0.3 is 0 Å². The number of para-hydroxylation sites is 4. The van der Waals surface area contributed by atoms with Crippen molar-refractivity contribution >= 4 is 72.4 Å². The van der Waals surface area contributed by atoms with Crippen LogP contribution in [0.1, 0.15) is 0 Å². The van der Waals surface area contributed by atoms with Gasteiger partial charge < -0.3 is 9.13 Å². The Balaban J connectivity index is 1.36. The van der Waals surface area contributed by atoms with E-state index in [4.69, 9.17) is 0 Å². The highest BCUT2D eigenvalue weighted by Gasteiger charge is 2.47. The average molecular weight is 589 g/mol. The third kappa shape index (κ3) is 3.18. The molecular formula is C42H28N2Si. The Morgan fingerprint density at radius 2 is 0.889 bits per heavy atom. The number of rotatable bonds is 3. The van der Waals surface area contributed by atoms with Gasteiger partial charge in [0.05, 0.1) is 22.1 Å². The van der Waals surface area contributed by atoms with Gasteiger partial charge in [0.2, 0.25) is 0 Å². The maximum absolute atomic E-state index is 2.63. The van der Waals surface area contributed by atoms with Gasteiger partial charge in [-0.1, -0.05) is 133 Å². The molecule has 0 atom stereocenters. The second-order valence-corrected chi connectivity index (χ2v) is 15.8. The van der Waals surface area contributed by atoms with Crippen LogP contribution in [-0.4, -0.2) is 17.2 Å². The van der Waals surface area contributed by atoms with Crippen LogP contribution < -0.4 is 20.7 Å². The summed E-state index contributed by atoms with van der Waals surface area (Å²) in [7, 11) is -2.63. The third-order valence-electron chi connectivity index (χ3n) is 9.98. The molecule has 7 aromatic carbocycles. The predicted octanol–water partition coefficient (Wildman–Crippen LogP) is 7.57. The first-order valence-electron chi connectivity index (χ1n) is 15.6. The minimum absolute atomic E-state index is 1.19. The minimum Gasteiger partial charge on any atom is -0.309 e. The Morgan fingerprint density at radius 1 is 0.356 bits per heavy atom. The van der Waals surface area contributed by atoms with E-state index in [1.165, 1.54) is 75.7 Å². The Labute approximate surface area is 262 Å². The van der Waals surface area contributed by atoms with Crippen LogP contribution in [0.5, 0.6) is 0 Å². The number of hydrogen-bond acceptors (Lipinski definition) is 0. The van der Waals surface area contributed by atoms with E-state index in [9.17, 15) is 0 Å². The van der Waals surface area contributed by atoms with Crippen LogP contribution >= 0.6 is 0 Å². The number of fused-ring (bicyclic) bond motifs is 8. The molecular weight excluding hydrogens is 561 g/mol. The second-order valence-electron chi connectivity index (χ2n) is 12.1. The lowest BCUT2D eigenvalue weighted by atomic mass is 10.1. The summed E-state index contributed by atoms with van der Waals surface area (Å²) >= 11 is 0. The SMILES string of the molecule is c1ccc([Si]2(c3ccccc3)c3ccccc3-n3c4ccc(-n5c6ccccc6c6ccccc65)cc4c4cccc2c43)cc1. The van der Waals surface area contributed by atoms with Crippen LogP contribution in [-0.2, 0) is 0 Å². The molecule has 210 valence electrons. The first kappa shape index (κ1) is 24.8. The lowest BCUT2D eigenvalue weighted by Crippen LogP contribution is -2.76. The van der Waals surface area contributed by atoms with Crippen molar-refractivity contribution in [2.24, 2.45) is 0 Å². The molecule has 0 unspecified atom stereocenters. The molecule has 2 nitrogen and oxygen atoms in total. The molecule has 1 aliphatic heterocycles. The summed E-state index contributed by atoms with van der Waals surface area (Å²) in [6.07, 6.45) is 0. The molecule has 2 aromatic heterocycles. The second kappa shape index (κ2) is 9.18. The number of nitrogens with zero attached hydrogens (tertiary/aromatic N) is 2. The summed E-state index contributed by atoms with van der Waals surface area (Å²) in [5.41, 5.74) is 7.53. The van der Waals surface area contributed by atoms with E-state index < -0.39 is 8.07 Å². The lowest BCUT2D eigenvalue weighted by Gasteiger charge is -2.39. The number of benzene rings is 7. The summed E-state index contributed by atoms with van der Waals surface area (Å²) in [6.45, 7) is 0. The quantitative estimate of drug-likeness (QED) is 0.189. The van der Waals surface area contributed by atoms with Crippen LogP contribution in [0.2, 0.25) is 0 Å². The Kier molecular flexibility index (Phi) is 5.05. The smallest absolute Gasteiger partial charge is 0.184 e. The molecule has 0 aliphatic carbocycles. The zero-order valence-corrected chi connectivity index (χ0v) is 25.6. The zero-order chi connectivity index (χ0) is 29.5. The van der Waals surface area contributed by atoms with Crippen molar-refractivity contribution < 1.29 is 0 Å². The molecule has 0 saturated carbocycles. The van der Waals surface area contributed by atoms with Gasteiger partial charge in [-0.2, -0.15) is 0 Å². The van der Waals surface area contributed by atoms with Crippen molar-refractivity contribution in [1.82, 2.24) is 9.13 Å². The highest BCUT2D eigenvalue weighted by Crippen LogP contribution is 2.38. The first-order valence-corrected chi connectivity index (χ1v) is 17.6. The van der Waals surface area contributed by atoms with Gasteiger partial charge in [0.1, 0.15) is 0 Å². The highest BCUT2D eigenvalue weighted by molar-refractivity contribution is 7.21. The fourth-order valence-corrected chi connectivity index (χ4v) is 13.4. The molecule has 3 heterocycles. The van der Waals surface area contributed by atoms with Crippen LogP contribution in [0.25, 0.3) is 55.0 Å². The van der Waals surface area contributed by atoms with Crippen LogP contribution in [0.15, 0.2) is 170 Å². The monoisotopic (exact) mass is 588 g/mol. The number of aromatic nitrogens is 2.